The minimum atomic E-state index is -4.57. The van der Waals surface area contributed by atoms with Gasteiger partial charge in [0.05, 0.1) is 39.9 Å². The van der Waals surface area contributed by atoms with Gasteiger partial charge in [0, 0.05) is 6.42 Å². The van der Waals surface area contributed by atoms with Crippen LogP contribution < -0.4 is 10.2 Å². The lowest BCUT2D eigenvalue weighted by molar-refractivity contribution is -0.870. The molecule has 2 N–H and O–H groups in total. The van der Waals surface area contributed by atoms with Crippen LogP contribution in [0.5, 0.6) is 0 Å². The van der Waals surface area contributed by atoms with Crippen LogP contribution in [0.2, 0.25) is 0 Å². The molecule has 8 nitrogen and oxygen atoms in total. The molecule has 284 valence electrons. The molecule has 0 aliphatic carbocycles. The van der Waals surface area contributed by atoms with Crippen LogP contribution in [0.1, 0.15) is 168 Å². The first-order valence-electron chi connectivity index (χ1n) is 19.7. The van der Waals surface area contributed by atoms with Gasteiger partial charge in [0.15, 0.2) is 0 Å². The lowest BCUT2D eigenvalue weighted by Gasteiger charge is -2.29. The Bertz CT molecular complexity index is 845. The maximum atomic E-state index is 12.8. The molecular weight excluding hydrogens is 623 g/mol. The second-order valence-electron chi connectivity index (χ2n) is 14.6. The number of phosphoric ester groups is 1. The van der Waals surface area contributed by atoms with E-state index in [1.807, 2.05) is 27.2 Å². The van der Waals surface area contributed by atoms with Crippen LogP contribution >= 0.6 is 7.82 Å². The molecule has 3 unspecified atom stereocenters. The number of quaternary nitrogens is 1. The van der Waals surface area contributed by atoms with Crippen LogP contribution in [0.25, 0.3) is 0 Å². The molecule has 48 heavy (non-hydrogen) atoms. The number of nitrogens with zero attached hydrogens (tertiary/aromatic N) is 1. The fraction of sp³-hybridized carbons (Fsp3) is 0.872. The molecule has 0 aromatic rings. The maximum Gasteiger partial charge on any atom is 0.268 e. The summed E-state index contributed by atoms with van der Waals surface area (Å²) in [4.78, 5) is 25.1. The second-order valence-corrected chi connectivity index (χ2v) is 16.0. The highest BCUT2D eigenvalue weighted by molar-refractivity contribution is 7.45. The molecule has 9 heteroatoms. The topological polar surface area (TPSA) is 108 Å². The fourth-order valence-electron chi connectivity index (χ4n) is 5.44. The zero-order chi connectivity index (χ0) is 35.8. The summed E-state index contributed by atoms with van der Waals surface area (Å²) >= 11 is 0. The lowest BCUT2D eigenvalue weighted by atomic mass is 10.1. The Morgan fingerprint density at radius 2 is 1.15 bits per heavy atom. The van der Waals surface area contributed by atoms with E-state index in [1.54, 1.807) is 6.08 Å². The largest absolute Gasteiger partial charge is 0.756 e. The highest BCUT2D eigenvalue weighted by atomic mass is 31.2. The molecule has 0 radical (unpaired) electrons. The number of rotatable bonds is 35. The van der Waals surface area contributed by atoms with Crippen molar-refractivity contribution < 1.29 is 32.9 Å². The van der Waals surface area contributed by atoms with E-state index in [0.717, 1.165) is 38.5 Å². The molecule has 1 amide bonds. The van der Waals surface area contributed by atoms with Crippen LogP contribution in [-0.4, -0.2) is 68.5 Å². The van der Waals surface area contributed by atoms with Crippen molar-refractivity contribution in [3.8, 4) is 0 Å². The molecule has 0 aromatic carbocycles. The standard InChI is InChI=1S/C39H77N2O6P/c1-6-8-10-12-14-16-17-18-19-20-21-22-23-25-27-29-31-33-39(43)40-37(36-47-48(44,45)46-35-34-41(3,4)5)38(42)32-30-28-26-24-15-13-11-9-7-2/h18-19,30,32,37-38,42H,6-17,20-29,31,33-36H2,1-5H3,(H-,40,43,44,45)/b19-18-,32-30+. The molecule has 0 bridgehead atoms. The maximum absolute atomic E-state index is 12.8. The third-order valence-corrected chi connectivity index (χ3v) is 9.62. The molecule has 0 aliphatic rings. The van der Waals surface area contributed by atoms with E-state index in [1.165, 1.54) is 109 Å². The van der Waals surface area contributed by atoms with Crippen LogP contribution in [0, 0.1) is 0 Å². The number of hydrogen-bond donors (Lipinski definition) is 2. The smallest absolute Gasteiger partial charge is 0.268 e. The number of unbranched alkanes of at least 4 members (excludes halogenated alkanes) is 20. The Hall–Kier alpha value is -1.02. The summed E-state index contributed by atoms with van der Waals surface area (Å²) in [6.07, 6.45) is 35.1. The average Bonchev–Trinajstić information content (AvgIpc) is 3.02. The van der Waals surface area contributed by atoms with Crippen molar-refractivity contribution in [2.24, 2.45) is 0 Å². The number of aliphatic hydroxyl groups excluding tert-OH is 1. The van der Waals surface area contributed by atoms with Crippen molar-refractivity contribution in [3.05, 3.63) is 24.3 Å². The monoisotopic (exact) mass is 701 g/mol. The summed E-state index contributed by atoms with van der Waals surface area (Å²) in [6, 6.07) is -0.882. The molecule has 0 saturated carbocycles. The van der Waals surface area contributed by atoms with Crippen molar-refractivity contribution in [1.29, 1.82) is 0 Å². The Balaban J connectivity index is 4.42. The van der Waals surface area contributed by atoms with Gasteiger partial charge in [-0.25, -0.2) is 0 Å². The fourth-order valence-corrected chi connectivity index (χ4v) is 6.16. The van der Waals surface area contributed by atoms with E-state index in [-0.39, 0.29) is 19.1 Å². The molecule has 0 aromatic heterocycles. The van der Waals surface area contributed by atoms with Crippen molar-refractivity contribution in [3.63, 3.8) is 0 Å². The molecule has 0 spiro atoms. The van der Waals surface area contributed by atoms with Gasteiger partial charge in [0.1, 0.15) is 13.2 Å². The molecule has 0 heterocycles. The minimum absolute atomic E-state index is 0.00143. The van der Waals surface area contributed by atoms with Gasteiger partial charge in [-0.3, -0.25) is 9.36 Å². The minimum Gasteiger partial charge on any atom is -0.756 e. The van der Waals surface area contributed by atoms with Crippen LogP contribution in [0.4, 0.5) is 0 Å². The third kappa shape index (κ3) is 33.5. The average molecular weight is 701 g/mol. The van der Waals surface area contributed by atoms with Gasteiger partial charge in [-0.2, -0.15) is 0 Å². The zero-order valence-corrected chi connectivity index (χ0v) is 32.8. The Morgan fingerprint density at radius 1 is 0.708 bits per heavy atom. The molecule has 0 aliphatic heterocycles. The highest BCUT2D eigenvalue weighted by Crippen LogP contribution is 2.38. The number of phosphoric acid groups is 1. The Morgan fingerprint density at radius 3 is 1.62 bits per heavy atom. The highest BCUT2D eigenvalue weighted by Gasteiger charge is 2.23. The van der Waals surface area contributed by atoms with Gasteiger partial charge < -0.3 is 28.8 Å². The van der Waals surface area contributed by atoms with E-state index >= 15 is 0 Å². The van der Waals surface area contributed by atoms with Crippen molar-refractivity contribution in [1.82, 2.24) is 5.32 Å². The van der Waals surface area contributed by atoms with Gasteiger partial charge in [-0.15, -0.1) is 0 Å². The van der Waals surface area contributed by atoms with Crippen LogP contribution in [0.3, 0.4) is 0 Å². The van der Waals surface area contributed by atoms with Crippen LogP contribution in [-0.2, 0) is 18.4 Å². The van der Waals surface area contributed by atoms with Crippen molar-refractivity contribution >= 4 is 13.7 Å². The SMILES string of the molecule is CCCCCCCC/C=C\CCCCCCCCCC(=O)NC(COP(=O)([O-])OCC[N+](C)(C)C)C(O)/C=C/CCCCCCCCC. The first-order chi connectivity index (χ1) is 23.0. The quantitative estimate of drug-likeness (QED) is 0.0295. The third-order valence-electron chi connectivity index (χ3n) is 8.66. The summed E-state index contributed by atoms with van der Waals surface area (Å²) in [5.74, 6) is -0.206. The van der Waals surface area contributed by atoms with Gasteiger partial charge >= 0.3 is 0 Å². The summed E-state index contributed by atoms with van der Waals surface area (Å²) in [7, 11) is 1.25. The van der Waals surface area contributed by atoms with Gasteiger partial charge in [0.25, 0.3) is 7.82 Å². The van der Waals surface area contributed by atoms with Gasteiger partial charge in [0.2, 0.25) is 5.91 Å². The Labute approximate surface area is 296 Å². The van der Waals surface area contributed by atoms with E-state index in [9.17, 15) is 19.4 Å². The summed E-state index contributed by atoms with van der Waals surface area (Å²) in [6.45, 7) is 4.59. The molecule has 3 atom stereocenters. The number of hydrogen-bond acceptors (Lipinski definition) is 6. The predicted octanol–water partition coefficient (Wildman–Crippen LogP) is 9.55. The second kappa shape index (κ2) is 31.9. The number of amides is 1. The van der Waals surface area contributed by atoms with Crippen LogP contribution in [0.15, 0.2) is 24.3 Å². The normalized spacial score (nSPS) is 14.9. The summed E-state index contributed by atoms with van der Waals surface area (Å²) in [5.41, 5.74) is 0. The van der Waals surface area contributed by atoms with Crippen molar-refractivity contribution in [2.75, 3.05) is 40.9 Å². The summed E-state index contributed by atoms with van der Waals surface area (Å²) < 4.78 is 23.0. The number of carbonyl (C=O) groups is 1. The summed E-state index contributed by atoms with van der Waals surface area (Å²) in [5, 5.41) is 13.7. The van der Waals surface area contributed by atoms with E-state index in [4.69, 9.17) is 9.05 Å². The number of allylic oxidation sites excluding steroid dienone is 3. The Kier molecular flexibility index (Phi) is 31.2. The van der Waals surface area contributed by atoms with Gasteiger partial charge in [-0.1, -0.05) is 141 Å². The lowest BCUT2D eigenvalue weighted by Crippen LogP contribution is -2.45. The number of aliphatic hydroxyl groups is 1. The number of nitrogens with one attached hydrogen (secondary N) is 1. The first kappa shape index (κ1) is 47.0. The molecule has 0 saturated heterocycles. The van der Waals surface area contributed by atoms with E-state index in [2.05, 4.69) is 31.3 Å². The molecular formula is C39H77N2O6P. The van der Waals surface area contributed by atoms with Gasteiger partial charge in [-0.05, 0) is 44.9 Å². The van der Waals surface area contributed by atoms with E-state index < -0.39 is 20.0 Å². The number of likely N-dealkylation sites (N-methyl/N-ethyl adjacent to an activating group) is 1. The van der Waals surface area contributed by atoms with E-state index in [0.29, 0.717) is 17.4 Å². The number of carbonyl (C=O) groups excluding carboxylic acids is 1. The first-order valence-corrected chi connectivity index (χ1v) is 21.2. The predicted molar refractivity (Wildman–Crippen MR) is 201 cm³/mol. The molecule has 0 fully saturated rings. The zero-order valence-electron chi connectivity index (χ0n) is 31.9. The molecule has 0 rings (SSSR count). The van der Waals surface area contributed by atoms with Crippen molar-refractivity contribution in [2.45, 2.75) is 180 Å².